The second-order valence-electron chi connectivity index (χ2n) is 3.79. The van der Waals surface area contributed by atoms with Gasteiger partial charge >= 0.3 is 6.18 Å². The smallest absolute Gasteiger partial charge is 0.288 e. The number of aromatic nitrogens is 1. The van der Waals surface area contributed by atoms with E-state index in [-0.39, 0.29) is 27.3 Å². The van der Waals surface area contributed by atoms with E-state index >= 15 is 0 Å². The maximum atomic E-state index is 13.7. The van der Waals surface area contributed by atoms with Crippen molar-refractivity contribution >= 4 is 17.1 Å². The van der Waals surface area contributed by atoms with E-state index in [4.69, 9.17) is 0 Å². The summed E-state index contributed by atoms with van der Waals surface area (Å²) < 4.78 is 50.8. The summed E-state index contributed by atoms with van der Waals surface area (Å²) >= 11 is 0.205. The minimum atomic E-state index is -4.60. The molecule has 0 N–H and O–H groups in total. The van der Waals surface area contributed by atoms with Crippen molar-refractivity contribution in [2.75, 3.05) is 0 Å². The average Bonchev–Trinajstić information content (AvgIpc) is 2.81. The maximum Gasteiger partial charge on any atom is 0.443 e. The molecule has 0 saturated heterocycles. The van der Waals surface area contributed by atoms with Gasteiger partial charge in [-0.25, -0.2) is 9.37 Å². The van der Waals surface area contributed by atoms with Gasteiger partial charge in [0.15, 0.2) is 5.01 Å². The second kappa shape index (κ2) is 4.73. The van der Waals surface area contributed by atoms with Crippen LogP contribution >= 0.6 is 11.3 Å². The molecule has 100 valence electrons. The van der Waals surface area contributed by atoms with E-state index in [1.54, 1.807) is 0 Å². The summed E-state index contributed by atoms with van der Waals surface area (Å²) in [7, 11) is 0. The van der Waals surface area contributed by atoms with E-state index < -0.39 is 22.8 Å². The molecule has 7 heteroatoms. The first kappa shape index (κ1) is 13.7. The molecule has 0 atom stereocenters. The van der Waals surface area contributed by atoms with Crippen molar-refractivity contribution in [2.24, 2.45) is 0 Å². The van der Waals surface area contributed by atoms with Gasteiger partial charge < -0.3 is 0 Å². The molecule has 2 nitrogen and oxygen atoms in total. The number of aryl methyl sites for hydroxylation is 1. The van der Waals surface area contributed by atoms with Gasteiger partial charge in [-0.2, -0.15) is 13.2 Å². The van der Waals surface area contributed by atoms with Gasteiger partial charge in [0.05, 0.1) is 10.4 Å². The van der Waals surface area contributed by atoms with Crippen LogP contribution in [0, 0.1) is 12.7 Å². The third-order valence-electron chi connectivity index (χ3n) is 2.41. The highest BCUT2D eigenvalue weighted by atomic mass is 32.1. The number of hydrogen-bond acceptors (Lipinski definition) is 3. The number of ketones is 1. The van der Waals surface area contributed by atoms with Gasteiger partial charge in [-0.1, -0.05) is 12.1 Å². The van der Waals surface area contributed by atoms with Crippen molar-refractivity contribution in [3.05, 3.63) is 51.2 Å². The summed E-state index contributed by atoms with van der Waals surface area (Å²) in [6.45, 7) is 1.47. The summed E-state index contributed by atoms with van der Waals surface area (Å²) in [6.07, 6.45) is -3.79. The normalized spacial score (nSPS) is 11.6. The topological polar surface area (TPSA) is 30.0 Å². The highest BCUT2D eigenvalue weighted by molar-refractivity contribution is 7.13. The zero-order valence-corrected chi connectivity index (χ0v) is 10.4. The molecule has 0 radical (unpaired) electrons. The lowest BCUT2D eigenvalue weighted by atomic mass is 10.1. The lowest BCUT2D eigenvalue weighted by Crippen LogP contribution is -2.04. The van der Waals surface area contributed by atoms with Gasteiger partial charge in [-0.15, -0.1) is 11.3 Å². The van der Waals surface area contributed by atoms with Crippen LogP contribution in [0.25, 0.3) is 0 Å². The lowest BCUT2D eigenvalue weighted by Gasteiger charge is -2.02. The van der Waals surface area contributed by atoms with Crippen LogP contribution < -0.4 is 0 Å². The predicted molar refractivity (Wildman–Crippen MR) is 61.7 cm³/mol. The molecule has 0 amide bonds. The molecule has 2 aromatic rings. The molecule has 0 aliphatic heterocycles. The molecule has 0 saturated carbocycles. The minimum absolute atomic E-state index is 0.205. The Balaban J connectivity index is 2.40. The maximum absolute atomic E-state index is 13.7. The molecule has 0 aliphatic carbocycles. The van der Waals surface area contributed by atoms with Gasteiger partial charge in [-0.05, 0) is 18.6 Å². The SMILES string of the molecule is Cc1cccc(C(=O)c2cnc(C(F)(F)F)s2)c1F. The molecule has 0 bridgehead atoms. The number of thiazole rings is 1. The Morgan fingerprint density at radius 2 is 2.00 bits per heavy atom. The summed E-state index contributed by atoms with van der Waals surface area (Å²) in [6, 6.07) is 4.18. The molecule has 0 fully saturated rings. The fraction of sp³-hybridized carbons (Fsp3) is 0.167. The van der Waals surface area contributed by atoms with E-state index in [9.17, 15) is 22.4 Å². The monoisotopic (exact) mass is 289 g/mol. The highest BCUT2D eigenvalue weighted by Crippen LogP contribution is 2.33. The standard InChI is InChI=1S/C12H7F4NOS/c1-6-3-2-4-7(9(6)13)10(18)8-5-17-11(19-8)12(14,15)16/h2-5H,1H3. The first-order valence-corrected chi connectivity index (χ1v) is 5.95. The number of carbonyl (C=O) groups is 1. The van der Waals surface area contributed by atoms with Crippen LogP contribution in [0.4, 0.5) is 17.6 Å². The van der Waals surface area contributed by atoms with Crippen LogP contribution in [0.5, 0.6) is 0 Å². The Morgan fingerprint density at radius 1 is 1.32 bits per heavy atom. The number of nitrogens with zero attached hydrogens (tertiary/aromatic N) is 1. The Bertz CT molecular complexity index is 633. The van der Waals surface area contributed by atoms with Crippen LogP contribution in [0.2, 0.25) is 0 Å². The molecule has 0 spiro atoms. The van der Waals surface area contributed by atoms with Gasteiger partial charge in [-0.3, -0.25) is 4.79 Å². The Kier molecular flexibility index (Phi) is 3.40. The van der Waals surface area contributed by atoms with E-state index in [1.807, 2.05) is 0 Å². The van der Waals surface area contributed by atoms with E-state index in [0.717, 1.165) is 6.20 Å². The summed E-state index contributed by atoms with van der Waals surface area (Å²) in [4.78, 5) is 14.8. The van der Waals surface area contributed by atoms with Gasteiger partial charge in [0.25, 0.3) is 0 Å². The Morgan fingerprint density at radius 3 is 2.58 bits per heavy atom. The predicted octanol–water partition coefficient (Wildman–Crippen LogP) is 3.84. The van der Waals surface area contributed by atoms with Gasteiger partial charge in [0, 0.05) is 6.20 Å². The molecule has 2 rings (SSSR count). The third kappa shape index (κ3) is 2.65. The zero-order valence-electron chi connectivity index (χ0n) is 9.58. The fourth-order valence-corrected chi connectivity index (χ4v) is 2.20. The van der Waals surface area contributed by atoms with Gasteiger partial charge in [0.1, 0.15) is 5.82 Å². The fourth-order valence-electron chi connectivity index (χ4n) is 1.47. The molecule has 0 aliphatic rings. The third-order valence-corrected chi connectivity index (χ3v) is 3.45. The van der Waals surface area contributed by atoms with Crippen LogP contribution in [0.1, 0.15) is 25.8 Å². The summed E-state index contributed by atoms with van der Waals surface area (Å²) in [5.74, 6) is -1.52. The average molecular weight is 289 g/mol. The van der Waals surface area contributed by atoms with Crippen molar-refractivity contribution in [2.45, 2.75) is 13.1 Å². The zero-order chi connectivity index (χ0) is 14.2. The largest absolute Gasteiger partial charge is 0.443 e. The van der Waals surface area contributed by atoms with Crippen LogP contribution in [-0.4, -0.2) is 10.8 Å². The molecule has 1 aromatic carbocycles. The van der Waals surface area contributed by atoms with E-state index in [1.165, 1.54) is 25.1 Å². The van der Waals surface area contributed by atoms with Crippen molar-refractivity contribution in [3.8, 4) is 0 Å². The number of rotatable bonds is 2. The molecule has 1 aromatic heterocycles. The molecular weight excluding hydrogens is 282 g/mol. The minimum Gasteiger partial charge on any atom is -0.288 e. The quantitative estimate of drug-likeness (QED) is 0.621. The molecule has 1 heterocycles. The van der Waals surface area contributed by atoms with Crippen LogP contribution in [0.3, 0.4) is 0 Å². The van der Waals surface area contributed by atoms with Crippen molar-refractivity contribution in [1.29, 1.82) is 0 Å². The number of alkyl halides is 3. The van der Waals surface area contributed by atoms with Crippen LogP contribution in [0.15, 0.2) is 24.4 Å². The Hall–Kier alpha value is -1.76. The van der Waals surface area contributed by atoms with Crippen molar-refractivity contribution < 1.29 is 22.4 Å². The van der Waals surface area contributed by atoms with E-state index in [0.29, 0.717) is 0 Å². The molecular formula is C12H7F4NOS. The highest BCUT2D eigenvalue weighted by Gasteiger charge is 2.35. The summed E-state index contributed by atoms with van der Waals surface area (Å²) in [5.41, 5.74) is 0.00350. The number of carbonyl (C=O) groups excluding carboxylic acids is 1. The first-order chi connectivity index (χ1) is 8.80. The number of halogens is 4. The Labute approximate surface area is 109 Å². The van der Waals surface area contributed by atoms with Crippen LogP contribution in [-0.2, 0) is 6.18 Å². The molecule has 0 unspecified atom stereocenters. The molecule has 19 heavy (non-hydrogen) atoms. The second-order valence-corrected chi connectivity index (χ2v) is 4.82. The van der Waals surface area contributed by atoms with Gasteiger partial charge in [0.2, 0.25) is 5.78 Å². The number of benzene rings is 1. The number of hydrogen-bond donors (Lipinski definition) is 0. The van der Waals surface area contributed by atoms with Crippen molar-refractivity contribution in [1.82, 2.24) is 4.98 Å². The van der Waals surface area contributed by atoms with Crippen molar-refractivity contribution in [3.63, 3.8) is 0 Å². The summed E-state index contributed by atoms with van der Waals surface area (Å²) in [5, 5.41) is -1.12. The lowest BCUT2D eigenvalue weighted by molar-refractivity contribution is -0.137. The van der Waals surface area contributed by atoms with E-state index in [2.05, 4.69) is 4.98 Å². The first-order valence-electron chi connectivity index (χ1n) is 5.13.